The van der Waals surface area contributed by atoms with Crippen LogP contribution in [0.3, 0.4) is 0 Å². The molecule has 24 heavy (non-hydrogen) atoms. The Kier molecular flexibility index (Phi) is 3.33. The summed E-state index contributed by atoms with van der Waals surface area (Å²) in [7, 11) is 0. The predicted molar refractivity (Wildman–Crippen MR) is 104 cm³/mol. The number of allylic oxidation sites excluding steroid dienone is 1. The minimum atomic E-state index is -0.0910. The van der Waals surface area contributed by atoms with Crippen molar-refractivity contribution in [2.45, 2.75) is 11.8 Å². The Morgan fingerprint density at radius 1 is 1.00 bits per heavy atom. The van der Waals surface area contributed by atoms with Gasteiger partial charge in [-0.05, 0) is 56.2 Å². The van der Waals surface area contributed by atoms with E-state index in [4.69, 9.17) is 0 Å². The van der Waals surface area contributed by atoms with E-state index in [1.165, 1.54) is 27.3 Å². The van der Waals surface area contributed by atoms with Crippen LogP contribution in [-0.4, -0.2) is 10.2 Å². The quantitative estimate of drug-likeness (QED) is 0.486. The summed E-state index contributed by atoms with van der Waals surface area (Å²) in [6.07, 6.45) is 5.55. The van der Waals surface area contributed by atoms with Crippen molar-refractivity contribution in [3.05, 3.63) is 79.6 Å². The average Bonchev–Trinajstić information content (AvgIpc) is 3.43. The molecule has 0 unspecified atom stereocenters. The van der Waals surface area contributed by atoms with Gasteiger partial charge in [-0.25, -0.2) is 0 Å². The number of nitrogens with one attached hydrogen (secondary N) is 1. The number of hydrogen-bond acceptors (Lipinski definition) is 4. The molecule has 0 spiro atoms. The normalized spacial score (nSPS) is 15.5. The molecule has 0 aromatic carbocycles. The van der Waals surface area contributed by atoms with Gasteiger partial charge in [-0.15, -0.1) is 11.3 Å². The predicted octanol–water partition coefficient (Wildman–Crippen LogP) is 5.82. The molecule has 4 aromatic rings. The van der Waals surface area contributed by atoms with Crippen LogP contribution in [0.5, 0.6) is 0 Å². The van der Waals surface area contributed by atoms with Crippen LogP contribution in [0.2, 0.25) is 0 Å². The molecular formula is C19H14N2S3. The molecule has 1 N–H and O–H groups in total. The van der Waals surface area contributed by atoms with Gasteiger partial charge in [0.2, 0.25) is 0 Å². The van der Waals surface area contributed by atoms with Crippen molar-refractivity contribution in [2.75, 3.05) is 0 Å². The topological polar surface area (TPSA) is 28.7 Å². The molecular weight excluding hydrogens is 352 g/mol. The van der Waals surface area contributed by atoms with E-state index in [2.05, 4.69) is 73.5 Å². The standard InChI is InChI=1S/C19H14N2S3/c1-2-17(24-7-1)18-15-3-6-19(10-16(15)20-21-18,13-4-8-22-11-13)14-5-9-23-12-14/h1-9,11-12H,10H2,(H,20,21). The number of fused-ring (bicyclic) bond motifs is 1. The monoisotopic (exact) mass is 366 g/mol. The second-order valence-electron chi connectivity index (χ2n) is 5.95. The smallest absolute Gasteiger partial charge is 0.109 e. The minimum Gasteiger partial charge on any atom is -0.281 e. The number of hydrogen-bond donors (Lipinski definition) is 1. The van der Waals surface area contributed by atoms with Gasteiger partial charge >= 0.3 is 0 Å². The molecule has 0 saturated heterocycles. The molecule has 1 aliphatic carbocycles. The van der Waals surface area contributed by atoms with E-state index in [-0.39, 0.29) is 5.41 Å². The zero-order valence-electron chi connectivity index (χ0n) is 12.7. The lowest BCUT2D eigenvalue weighted by Crippen LogP contribution is -2.29. The highest BCUT2D eigenvalue weighted by Crippen LogP contribution is 2.44. The lowest BCUT2D eigenvalue weighted by Gasteiger charge is -2.32. The number of H-pyrrole nitrogens is 1. The SMILES string of the molecule is C1=CC(c2ccsc2)(c2ccsc2)Cc2[nH]nc(-c3cccs3)c21. The number of nitrogens with zero attached hydrogens (tertiary/aromatic N) is 1. The Balaban J connectivity index is 1.66. The summed E-state index contributed by atoms with van der Waals surface area (Å²) >= 11 is 5.25. The second kappa shape index (κ2) is 5.55. The van der Waals surface area contributed by atoms with Crippen molar-refractivity contribution >= 4 is 40.1 Å². The van der Waals surface area contributed by atoms with Crippen molar-refractivity contribution in [3.8, 4) is 10.6 Å². The lowest BCUT2D eigenvalue weighted by atomic mass is 9.70. The summed E-state index contributed by atoms with van der Waals surface area (Å²) in [6, 6.07) is 8.70. The highest BCUT2D eigenvalue weighted by Gasteiger charge is 2.37. The van der Waals surface area contributed by atoms with Gasteiger partial charge in [0, 0.05) is 23.1 Å². The Morgan fingerprint density at radius 3 is 2.42 bits per heavy atom. The van der Waals surface area contributed by atoms with Crippen LogP contribution in [0.25, 0.3) is 16.6 Å². The number of aromatic amines is 1. The third kappa shape index (κ3) is 2.09. The van der Waals surface area contributed by atoms with Crippen LogP contribution in [-0.2, 0) is 11.8 Å². The fraction of sp³-hybridized carbons (Fsp3) is 0.105. The molecule has 0 radical (unpaired) electrons. The molecule has 5 rings (SSSR count). The zero-order valence-corrected chi connectivity index (χ0v) is 15.2. The zero-order chi connectivity index (χ0) is 16.0. The summed E-state index contributed by atoms with van der Waals surface area (Å²) in [4.78, 5) is 1.22. The fourth-order valence-electron chi connectivity index (χ4n) is 3.47. The highest BCUT2D eigenvalue weighted by molar-refractivity contribution is 7.13. The molecule has 0 bridgehead atoms. The van der Waals surface area contributed by atoms with Crippen LogP contribution >= 0.6 is 34.0 Å². The number of aromatic nitrogens is 2. The first-order valence-electron chi connectivity index (χ1n) is 7.72. The molecule has 4 heterocycles. The van der Waals surface area contributed by atoms with Gasteiger partial charge in [0.05, 0.1) is 4.88 Å². The van der Waals surface area contributed by atoms with Crippen molar-refractivity contribution in [1.82, 2.24) is 10.2 Å². The van der Waals surface area contributed by atoms with E-state index in [0.29, 0.717) is 0 Å². The second-order valence-corrected chi connectivity index (χ2v) is 8.46. The van der Waals surface area contributed by atoms with E-state index in [1.54, 1.807) is 34.0 Å². The summed E-state index contributed by atoms with van der Waals surface area (Å²) in [5, 5.41) is 18.9. The Hall–Kier alpha value is -1.95. The van der Waals surface area contributed by atoms with Crippen LogP contribution < -0.4 is 0 Å². The fourth-order valence-corrected chi connectivity index (χ4v) is 5.67. The largest absolute Gasteiger partial charge is 0.281 e. The van der Waals surface area contributed by atoms with E-state index in [1.807, 2.05) is 0 Å². The van der Waals surface area contributed by atoms with E-state index >= 15 is 0 Å². The maximum atomic E-state index is 4.61. The van der Waals surface area contributed by atoms with Crippen LogP contribution in [0.4, 0.5) is 0 Å². The summed E-state index contributed by atoms with van der Waals surface area (Å²) in [6.45, 7) is 0. The van der Waals surface area contributed by atoms with Crippen molar-refractivity contribution < 1.29 is 0 Å². The van der Waals surface area contributed by atoms with Crippen molar-refractivity contribution in [3.63, 3.8) is 0 Å². The van der Waals surface area contributed by atoms with Gasteiger partial charge in [0.15, 0.2) is 0 Å². The van der Waals surface area contributed by atoms with Gasteiger partial charge in [-0.2, -0.15) is 27.8 Å². The Bertz CT molecular complexity index is 940. The average molecular weight is 367 g/mol. The van der Waals surface area contributed by atoms with Crippen molar-refractivity contribution in [2.24, 2.45) is 0 Å². The number of thiophene rings is 3. The van der Waals surface area contributed by atoms with Crippen molar-refractivity contribution in [1.29, 1.82) is 0 Å². The molecule has 0 aliphatic heterocycles. The van der Waals surface area contributed by atoms with Crippen LogP contribution in [0.1, 0.15) is 22.4 Å². The van der Waals surface area contributed by atoms with Crippen LogP contribution in [0, 0.1) is 0 Å². The summed E-state index contributed by atoms with van der Waals surface area (Å²) in [5.74, 6) is 0. The Labute approximate surface area is 152 Å². The highest BCUT2D eigenvalue weighted by atomic mass is 32.1. The first-order valence-corrected chi connectivity index (χ1v) is 10.5. The van der Waals surface area contributed by atoms with Crippen LogP contribution in [0.15, 0.2) is 57.2 Å². The third-order valence-electron chi connectivity index (χ3n) is 4.70. The van der Waals surface area contributed by atoms with E-state index < -0.39 is 0 Å². The third-order valence-corrected chi connectivity index (χ3v) is 6.94. The Morgan fingerprint density at radius 2 is 1.79 bits per heavy atom. The molecule has 0 atom stereocenters. The number of rotatable bonds is 3. The maximum Gasteiger partial charge on any atom is 0.109 e. The minimum absolute atomic E-state index is 0.0910. The molecule has 0 amide bonds. The van der Waals surface area contributed by atoms with Gasteiger partial charge in [-0.1, -0.05) is 18.2 Å². The van der Waals surface area contributed by atoms with Gasteiger partial charge in [0.25, 0.3) is 0 Å². The first-order chi connectivity index (χ1) is 11.9. The van der Waals surface area contributed by atoms with E-state index in [9.17, 15) is 0 Å². The molecule has 118 valence electrons. The molecule has 0 fully saturated rings. The molecule has 1 aliphatic rings. The maximum absolute atomic E-state index is 4.61. The van der Waals surface area contributed by atoms with E-state index in [0.717, 1.165) is 12.1 Å². The molecule has 5 heteroatoms. The molecule has 0 saturated carbocycles. The van der Waals surface area contributed by atoms with Gasteiger partial charge < -0.3 is 0 Å². The molecule has 4 aromatic heterocycles. The first kappa shape index (κ1) is 14.4. The lowest BCUT2D eigenvalue weighted by molar-refractivity contribution is 0.625. The van der Waals surface area contributed by atoms with Gasteiger partial charge in [-0.3, -0.25) is 5.10 Å². The summed E-state index contributed by atoms with van der Waals surface area (Å²) < 4.78 is 0. The van der Waals surface area contributed by atoms with Gasteiger partial charge in [0.1, 0.15) is 5.69 Å². The molecule has 2 nitrogen and oxygen atoms in total. The summed E-state index contributed by atoms with van der Waals surface area (Å²) in [5.41, 5.74) is 6.16.